The highest BCUT2D eigenvalue weighted by Crippen LogP contribution is 2.69. The summed E-state index contributed by atoms with van der Waals surface area (Å²) in [6.45, 7) is 17.4. The minimum Gasteiger partial charge on any atom is -0.462 e. The van der Waals surface area contributed by atoms with Crippen LogP contribution in [-0.4, -0.2) is 58.4 Å². The number of esters is 1. The van der Waals surface area contributed by atoms with Crippen LogP contribution in [0.2, 0.25) is 0 Å². The van der Waals surface area contributed by atoms with Crippen LogP contribution < -0.4 is 0 Å². The second-order valence-corrected chi connectivity index (χ2v) is 14.5. The third kappa shape index (κ3) is 4.59. The molecule has 0 saturated heterocycles. The maximum atomic E-state index is 12.5. The first kappa shape index (κ1) is 30.0. The van der Waals surface area contributed by atoms with Crippen LogP contribution in [0.25, 0.3) is 0 Å². The van der Waals surface area contributed by atoms with Crippen LogP contribution >= 0.6 is 0 Å². The van der Waals surface area contributed by atoms with Crippen molar-refractivity contribution in [2.75, 3.05) is 7.11 Å². The summed E-state index contributed by atoms with van der Waals surface area (Å²) in [7, 11) is 1.80. The van der Waals surface area contributed by atoms with Crippen molar-refractivity contribution >= 4 is 5.97 Å². The van der Waals surface area contributed by atoms with Gasteiger partial charge in [-0.15, -0.1) is 0 Å². The van der Waals surface area contributed by atoms with Crippen molar-refractivity contribution in [2.45, 2.75) is 130 Å². The summed E-state index contributed by atoms with van der Waals surface area (Å²) in [5, 5.41) is 33.9. The Bertz CT molecular complexity index is 929. The molecule has 0 bridgehead atoms. The van der Waals surface area contributed by atoms with E-state index in [0.29, 0.717) is 43.4 Å². The van der Waals surface area contributed by atoms with Crippen LogP contribution in [0.1, 0.15) is 100 Å². The quantitative estimate of drug-likeness (QED) is 0.317. The van der Waals surface area contributed by atoms with Gasteiger partial charge in [0.15, 0.2) is 0 Å². The molecule has 4 aliphatic carbocycles. The molecule has 0 aromatic rings. The van der Waals surface area contributed by atoms with Gasteiger partial charge in [-0.05, 0) is 86.0 Å². The first-order valence-electron chi connectivity index (χ1n) is 15.1. The van der Waals surface area contributed by atoms with Gasteiger partial charge < -0.3 is 24.8 Å². The molecule has 3 N–H and O–H groups in total. The first-order chi connectivity index (χ1) is 17.6. The minimum absolute atomic E-state index is 0.00206. The summed E-state index contributed by atoms with van der Waals surface area (Å²) in [5.74, 6) is 1.74. The van der Waals surface area contributed by atoms with Crippen molar-refractivity contribution in [3.8, 4) is 0 Å². The fourth-order valence-corrected chi connectivity index (χ4v) is 9.89. The van der Waals surface area contributed by atoms with Gasteiger partial charge in [0, 0.05) is 31.8 Å². The van der Waals surface area contributed by atoms with Crippen molar-refractivity contribution in [3.05, 3.63) is 11.1 Å². The van der Waals surface area contributed by atoms with Crippen molar-refractivity contribution in [3.63, 3.8) is 0 Å². The average Bonchev–Trinajstić information content (AvgIpc) is 3.12. The molecule has 0 aliphatic heterocycles. The number of hydrogen-bond acceptors (Lipinski definition) is 6. The van der Waals surface area contributed by atoms with E-state index in [2.05, 4.69) is 48.5 Å². The summed E-state index contributed by atoms with van der Waals surface area (Å²) in [6.07, 6.45) is 2.49. The number of hydrogen-bond donors (Lipinski definition) is 3. The highest BCUT2D eigenvalue weighted by molar-refractivity contribution is 5.66. The van der Waals surface area contributed by atoms with E-state index in [9.17, 15) is 20.1 Å². The smallest absolute Gasteiger partial charge is 0.302 e. The van der Waals surface area contributed by atoms with E-state index >= 15 is 0 Å². The average molecular weight is 535 g/mol. The molecule has 12 atom stereocenters. The highest BCUT2D eigenvalue weighted by atomic mass is 16.5. The molecular formula is C32H54O6. The highest BCUT2D eigenvalue weighted by Gasteiger charge is 2.70. The molecule has 4 fully saturated rings. The molecule has 218 valence electrons. The van der Waals surface area contributed by atoms with Gasteiger partial charge in [-0.2, -0.15) is 0 Å². The molecule has 0 aromatic heterocycles. The third-order valence-electron chi connectivity index (χ3n) is 12.2. The monoisotopic (exact) mass is 534 g/mol. The zero-order valence-electron chi connectivity index (χ0n) is 25.3. The van der Waals surface area contributed by atoms with Crippen LogP contribution in [-0.2, 0) is 14.3 Å². The topological polar surface area (TPSA) is 96.2 Å². The van der Waals surface area contributed by atoms with Crippen LogP contribution in [0.4, 0.5) is 0 Å². The Kier molecular flexibility index (Phi) is 8.27. The minimum atomic E-state index is -1.39. The summed E-state index contributed by atoms with van der Waals surface area (Å²) in [4.78, 5) is 12.5. The zero-order valence-corrected chi connectivity index (χ0v) is 25.3. The molecule has 5 unspecified atom stereocenters. The molecule has 4 aliphatic rings. The van der Waals surface area contributed by atoms with E-state index < -0.39 is 23.2 Å². The summed E-state index contributed by atoms with van der Waals surface area (Å²) >= 11 is 0. The molecular weight excluding hydrogens is 480 g/mol. The van der Waals surface area contributed by atoms with E-state index in [4.69, 9.17) is 9.47 Å². The largest absolute Gasteiger partial charge is 0.462 e. The van der Waals surface area contributed by atoms with Crippen LogP contribution in [0.15, 0.2) is 11.1 Å². The van der Waals surface area contributed by atoms with Crippen LogP contribution in [0.5, 0.6) is 0 Å². The van der Waals surface area contributed by atoms with E-state index in [0.717, 1.165) is 12.8 Å². The zero-order chi connectivity index (χ0) is 28.4. The molecule has 38 heavy (non-hydrogen) atoms. The number of fused-ring (bicyclic) bond motifs is 5. The maximum absolute atomic E-state index is 12.5. The number of allylic oxidation sites excluding steroid dienone is 1. The number of rotatable bonds is 6. The SMILES string of the molecule is COC1C[C@H]2[C@@H]3CC(O)C4(O)CC(O)CC[C@]4(C)[C@H]3C(OC(C)=O)C[C@]2(C)/C1=C(\C)C[C@@H](C)[C@H](C)C(C)C. The van der Waals surface area contributed by atoms with Gasteiger partial charge in [-0.1, -0.05) is 47.1 Å². The van der Waals surface area contributed by atoms with Crippen molar-refractivity contribution in [1.82, 2.24) is 0 Å². The third-order valence-corrected chi connectivity index (χ3v) is 12.2. The molecule has 0 aromatic carbocycles. The predicted molar refractivity (Wildman–Crippen MR) is 148 cm³/mol. The standard InChI is InChI=1S/C32H54O6/c1-17(2)20(5)18(3)12-19(4)28-25(37-9)14-24-23-13-27(35)32(36)15-22(34)10-11-31(32,8)29(23)26(38-21(6)33)16-30(24,28)7/h17-18,20,22-27,29,34-36H,10-16H2,1-9H3/b28-19+/t18-,20-,22?,23+,24+,25?,26?,27?,29-,30+,31-,32?/m1/s1. The van der Waals surface area contributed by atoms with E-state index in [1.165, 1.54) is 18.1 Å². The number of aliphatic hydroxyl groups is 3. The molecule has 6 heteroatoms. The summed E-state index contributed by atoms with van der Waals surface area (Å²) < 4.78 is 12.3. The molecule has 0 heterocycles. The van der Waals surface area contributed by atoms with Crippen molar-refractivity contribution < 1.29 is 29.6 Å². The lowest BCUT2D eigenvalue weighted by molar-refractivity contribution is -0.281. The van der Waals surface area contributed by atoms with Gasteiger partial charge in [0.25, 0.3) is 0 Å². The maximum Gasteiger partial charge on any atom is 0.302 e. The Morgan fingerprint density at radius 3 is 2.32 bits per heavy atom. The predicted octanol–water partition coefficient (Wildman–Crippen LogP) is 5.28. The van der Waals surface area contributed by atoms with Gasteiger partial charge in [0.2, 0.25) is 0 Å². The normalized spacial score (nSPS) is 47.6. The lowest BCUT2D eigenvalue weighted by atomic mass is 9.42. The lowest BCUT2D eigenvalue weighted by Crippen LogP contribution is -2.71. The Morgan fingerprint density at radius 1 is 1.08 bits per heavy atom. The molecule has 0 radical (unpaired) electrons. The van der Waals surface area contributed by atoms with Crippen molar-refractivity contribution in [1.29, 1.82) is 0 Å². The van der Waals surface area contributed by atoms with Crippen LogP contribution in [0.3, 0.4) is 0 Å². The summed E-state index contributed by atoms with van der Waals surface area (Å²) in [5.41, 5.74) is 0.493. The van der Waals surface area contributed by atoms with E-state index in [-0.39, 0.29) is 47.8 Å². The second kappa shape index (κ2) is 10.5. The fraction of sp³-hybridized carbons (Fsp3) is 0.906. The van der Waals surface area contributed by atoms with E-state index in [1.54, 1.807) is 7.11 Å². The molecule has 6 nitrogen and oxygen atoms in total. The Morgan fingerprint density at radius 2 is 1.74 bits per heavy atom. The summed E-state index contributed by atoms with van der Waals surface area (Å²) in [6, 6.07) is 0. The van der Waals surface area contributed by atoms with Gasteiger partial charge in [0.05, 0.1) is 23.9 Å². The molecule has 4 saturated carbocycles. The Labute approximate surface area is 230 Å². The number of methoxy groups -OCH3 is 1. The van der Waals surface area contributed by atoms with Gasteiger partial charge in [-0.3, -0.25) is 4.79 Å². The van der Waals surface area contributed by atoms with Crippen molar-refractivity contribution in [2.24, 2.45) is 46.3 Å². The van der Waals surface area contributed by atoms with Gasteiger partial charge in [-0.25, -0.2) is 0 Å². The fourth-order valence-electron chi connectivity index (χ4n) is 9.89. The van der Waals surface area contributed by atoms with E-state index in [1.807, 2.05) is 0 Å². The Hall–Kier alpha value is -0.950. The Balaban J connectivity index is 1.79. The molecule has 4 rings (SSSR count). The van der Waals surface area contributed by atoms with Crippen LogP contribution in [0, 0.1) is 46.3 Å². The lowest BCUT2D eigenvalue weighted by Gasteiger charge is -2.66. The second-order valence-electron chi connectivity index (χ2n) is 14.5. The number of aliphatic hydroxyl groups excluding tert-OH is 2. The van der Waals surface area contributed by atoms with Gasteiger partial charge in [0.1, 0.15) is 6.10 Å². The number of carbonyl (C=O) groups is 1. The van der Waals surface area contributed by atoms with Gasteiger partial charge >= 0.3 is 5.97 Å². The number of ether oxygens (including phenoxy) is 2. The first-order valence-corrected chi connectivity index (χ1v) is 15.1. The number of carbonyl (C=O) groups excluding carboxylic acids is 1. The molecule has 0 spiro atoms. The molecule has 0 amide bonds.